The minimum Gasteiger partial charge on any atom is -0.368 e. The van der Waals surface area contributed by atoms with E-state index in [2.05, 4.69) is 19.6 Å². The van der Waals surface area contributed by atoms with Crippen LogP contribution in [0.3, 0.4) is 0 Å². The van der Waals surface area contributed by atoms with Crippen LogP contribution < -0.4 is 10.2 Å². The molecule has 1 aliphatic heterocycles. The summed E-state index contributed by atoms with van der Waals surface area (Å²) in [6.07, 6.45) is 1.64. The number of carbonyl (C=O) groups is 2. The van der Waals surface area contributed by atoms with Gasteiger partial charge in [0.2, 0.25) is 5.91 Å². The fraction of sp³-hybridized carbons (Fsp3) is 0.238. The monoisotopic (exact) mass is 425 g/mol. The number of nitrogens with one attached hydrogen (secondary N) is 1. The molecule has 0 radical (unpaired) electrons. The topological polar surface area (TPSA) is 78.4 Å². The summed E-state index contributed by atoms with van der Waals surface area (Å²) in [7, 11) is 0. The van der Waals surface area contributed by atoms with Gasteiger partial charge >= 0.3 is 0 Å². The van der Waals surface area contributed by atoms with Crippen molar-refractivity contribution in [3.63, 3.8) is 0 Å². The molecule has 3 aromatic rings. The Morgan fingerprint density at radius 2 is 1.80 bits per heavy atom. The molecule has 2 aromatic heterocycles. The SMILES string of the molecule is CC(=O)Nc1c(-c2ccccn2)nsc1C(=O)N1CCN(c2ccc(F)cc2)CC1. The summed E-state index contributed by atoms with van der Waals surface area (Å²) in [6, 6.07) is 11.8. The lowest BCUT2D eigenvalue weighted by Gasteiger charge is -2.36. The molecule has 1 aromatic carbocycles. The fourth-order valence-corrected chi connectivity index (χ4v) is 4.18. The lowest BCUT2D eigenvalue weighted by Crippen LogP contribution is -2.48. The number of aromatic nitrogens is 2. The Labute approximate surface area is 177 Å². The van der Waals surface area contributed by atoms with E-state index in [1.807, 2.05) is 6.07 Å². The molecule has 154 valence electrons. The molecule has 0 unspecified atom stereocenters. The summed E-state index contributed by atoms with van der Waals surface area (Å²) in [6.45, 7) is 3.71. The predicted molar refractivity (Wildman–Crippen MR) is 114 cm³/mol. The number of rotatable bonds is 4. The molecule has 2 amide bonds. The Morgan fingerprint density at radius 1 is 1.07 bits per heavy atom. The third-order valence-corrected chi connectivity index (χ3v) is 5.69. The van der Waals surface area contributed by atoms with E-state index in [9.17, 15) is 14.0 Å². The van der Waals surface area contributed by atoms with Gasteiger partial charge in [-0.2, -0.15) is 4.37 Å². The lowest BCUT2D eigenvalue weighted by atomic mass is 10.2. The van der Waals surface area contributed by atoms with Gasteiger partial charge in [0.1, 0.15) is 16.4 Å². The van der Waals surface area contributed by atoms with Crippen molar-refractivity contribution in [3.8, 4) is 11.4 Å². The number of amides is 2. The highest BCUT2D eigenvalue weighted by molar-refractivity contribution is 7.09. The Morgan fingerprint density at radius 3 is 2.43 bits per heavy atom. The summed E-state index contributed by atoms with van der Waals surface area (Å²) in [4.78, 5) is 33.5. The highest BCUT2D eigenvalue weighted by Gasteiger charge is 2.28. The second-order valence-electron chi connectivity index (χ2n) is 6.89. The van der Waals surface area contributed by atoms with Crippen molar-refractivity contribution in [3.05, 3.63) is 59.4 Å². The molecule has 1 fully saturated rings. The number of halogens is 1. The molecule has 0 saturated carbocycles. The molecule has 0 atom stereocenters. The Balaban J connectivity index is 1.53. The largest absolute Gasteiger partial charge is 0.368 e. The van der Waals surface area contributed by atoms with E-state index in [0.29, 0.717) is 48.1 Å². The molecular formula is C21H20FN5O2S. The normalized spacial score (nSPS) is 13.9. The molecule has 1 saturated heterocycles. The standard InChI is InChI=1S/C21H20FN5O2S/c1-14(28)24-19-18(17-4-2-3-9-23-17)25-30-20(19)21(29)27-12-10-26(11-13-27)16-7-5-15(22)6-8-16/h2-9H,10-13H2,1H3,(H,24,28). The maximum absolute atomic E-state index is 13.2. The van der Waals surface area contributed by atoms with Gasteiger partial charge in [0, 0.05) is 45.0 Å². The number of piperazine rings is 1. The van der Waals surface area contributed by atoms with Gasteiger partial charge in [-0.15, -0.1) is 0 Å². The number of nitrogens with zero attached hydrogens (tertiary/aromatic N) is 4. The van der Waals surface area contributed by atoms with Gasteiger partial charge in [-0.25, -0.2) is 4.39 Å². The van der Waals surface area contributed by atoms with Crippen molar-refractivity contribution in [2.24, 2.45) is 0 Å². The molecule has 1 aliphatic rings. The zero-order valence-corrected chi connectivity index (χ0v) is 17.2. The fourth-order valence-electron chi connectivity index (χ4n) is 3.37. The van der Waals surface area contributed by atoms with Crippen LogP contribution in [0.5, 0.6) is 0 Å². The lowest BCUT2D eigenvalue weighted by molar-refractivity contribution is -0.114. The molecule has 9 heteroatoms. The van der Waals surface area contributed by atoms with Crippen molar-refractivity contribution < 1.29 is 14.0 Å². The van der Waals surface area contributed by atoms with Gasteiger partial charge in [0.25, 0.3) is 5.91 Å². The first-order valence-electron chi connectivity index (χ1n) is 9.51. The highest BCUT2D eigenvalue weighted by Crippen LogP contribution is 2.33. The van der Waals surface area contributed by atoms with Crippen molar-refractivity contribution in [2.75, 3.05) is 36.4 Å². The van der Waals surface area contributed by atoms with Crippen LogP contribution in [0.1, 0.15) is 16.6 Å². The van der Waals surface area contributed by atoms with E-state index in [4.69, 9.17) is 0 Å². The summed E-state index contributed by atoms with van der Waals surface area (Å²) in [5.41, 5.74) is 2.41. The van der Waals surface area contributed by atoms with Gasteiger partial charge in [-0.1, -0.05) is 6.07 Å². The first-order valence-corrected chi connectivity index (χ1v) is 10.3. The zero-order chi connectivity index (χ0) is 21.1. The van der Waals surface area contributed by atoms with Crippen LogP contribution in [0.25, 0.3) is 11.4 Å². The van der Waals surface area contributed by atoms with Gasteiger partial charge < -0.3 is 15.1 Å². The molecule has 0 bridgehead atoms. The van der Waals surface area contributed by atoms with Gasteiger partial charge in [-0.3, -0.25) is 14.6 Å². The van der Waals surface area contributed by atoms with Crippen molar-refractivity contribution in [2.45, 2.75) is 6.92 Å². The van der Waals surface area contributed by atoms with Crippen LogP contribution in [0, 0.1) is 5.82 Å². The molecule has 4 rings (SSSR count). The molecule has 30 heavy (non-hydrogen) atoms. The van der Waals surface area contributed by atoms with E-state index in [1.54, 1.807) is 35.4 Å². The average Bonchev–Trinajstić information content (AvgIpc) is 3.17. The number of hydrogen-bond donors (Lipinski definition) is 1. The molecule has 1 N–H and O–H groups in total. The summed E-state index contributed by atoms with van der Waals surface area (Å²) < 4.78 is 17.5. The third kappa shape index (κ3) is 4.16. The highest BCUT2D eigenvalue weighted by atomic mass is 32.1. The van der Waals surface area contributed by atoms with E-state index >= 15 is 0 Å². The number of hydrogen-bond acceptors (Lipinski definition) is 6. The molecule has 0 aliphatic carbocycles. The first kappa shape index (κ1) is 20.0. The number of carbonyl (C=O) groups excluding carboxylic acids is 2. The van der Waals surface area contributed by atoms with E-state index < -0.39 is 0 Å². The van der Waals surface area contributed by atoms with Crippen LogP contribution in [-0.2, 0) is 4.79 Å². The van der Waals surface area contributed by atoms with Gasteiger partial charge in [0.15, 0.2) is 0 Å². The Bertz CT molecular complexity index is 1050. The molecular weight excluding hydrogens is 405 g/mol. The summed E-state index contributed by atoms with van der Waals surface area (Å²) in [5, 5.41) is 2.76. The number of anilines is 2. The van der Waals surface area contributed by atoms with Gasteiger partial charge in [-0.05, 0) is 47.9 Å². The van der Waals surface area contributed by atoms with Crippen molar-refractivity contribution in [1.29, 1.82) is 0 Å². The maximum atomic E-state index is 13.2. The Kier molecular flexibility index (Phi) is 5.71. The average molecular weight is 425 g/mol. The summed E-state index contributed by atoms with van der Waals surface area (Å²) in [5.74, 6) is -0.716. The van der Waals surface area contributed by atoms with Crippen LogP contribution in [0.4, 0.5) is 15.8 Å². The van der Waals surface area contributed by atoms with Crippen molar-refractivity contribution >= 4 is 34.7 Å². The number of benzene rings is 1. The maximum Gasteiger partial charge on any atom is 0.267 e. The van der Waals surface area contributed by atoms with Crippen molar-refractivity contribution in [1.82, 2.24) is 14.3 Å². The number of pyridine rings is 1. The Hall–Kier alpha value is -3.33. The second kappa shape index (κ2) is 8.58. The van der Waals surface area contributed by atoms with Gasteiger partial charge in [0.05, 0.1) is 11.4 Å². The molecule has 7 nitrogen and oxygen atoms in total. The van der Waals surface area contributed by atoms with Crippen LogP contribution in [-0.4, -0.2) is 52.3 Å². The zero-order valence-electron chi connectivity index (χ0n) is 16.3. The molecule has 3 heterocycles. The first-order chi connectivity index (χ1) is 14.5. The second-order valence-corrected chi connectivity index (χ2v) is 7.66. The smallest absolute Gasteiger partial charge is 0.267 e. The van der Waals surface area contributed by atoms with Crippen LogP contribution >= 0.6 is 11.5 Å². The van der Waals surface area contributed by atoms with E-state index in [1.165, 1.54) is 19.1 Å². The van der Waals surface area contributed by atoms with Crippen LogP contribution in [0.2, 0.25) is 0 Å². The van der Waals surface area contributed by atoms with E-state index in [-0.39, 0.29) is 17.6 Å². The molecule has 0 spiro atoms. The minimum atomic E-state index is -0.275. The summed E-state index contributed by atoms with van der Waals surface area (Å²) >= 11 is 1.06. The van der Waals surface area contributed by atoms with E-state index in [0.717, 1.165) is 17.2 Å². The third-order valence-electron chi connectivity index (χ3n) is 4.85. The quantitative estimate of drug-likeness (QED) is 0.694. The minimum absolute atomic E-state index is 0.169. The predicted octanol–water partition coefficient (Wildman–Crippen LogP) is 3.27. The van der Waals surface area contributed by atoms with Crippen LogP contribution in [0.15, 0.2) is 48.7 Å².